The van der Waals surface area contributed by atoms with Gasteiger partial charge in [-0.2, -0.15) is 11.8 Å². The largest absolute Gasteiger partial charge is 0.476 e. The van der Waals surface area contributed by atoms with Crippen molar-refractivity contribution in [3.63, 3.8) is 0 Å². The molecule has 0 aliphatic carbocycles. The van der Waals surface area contributed by atoms with E-state index < -0.39 is 5.97 Å². The van der Waals surface area contributed by atoms with Crippen LogP contribution in [-0.4, -0.2) is 21.8 Å². The van der Waals surface area contributed by atoms with Crippen molar-refractivity contribution in [3.8, 4) is 0 Å². The third kappa shape index (κ3) is 1.86. The average molecular weight is 215 g/mol. The van der Waals surface area contributed by atoms with Gasteiger partial charge >= 0.3 is 5.97 Å². The van der Waals surface area contributed by atoms with Crippen LogP contribution in [0.15, 0.2) is 5.38 Å². The first-order valence-electron chi connectivity index (χ1n) is 4.07. The summed E-state index contributed by atoms with van der Waals surface area (Å²) < 4.78 is 0. The van der Waals surface area contributed by atoms with Gasteiger partial charge in [0.05, 0.1) is 5.69 Å². The lowest BCUT2D eigenvalue weighted by molar-refractivity contribution is 0.0696. The van der Waals surface area contributed by atoms with Crippen LogP contribution in [-0.2, 0) is 0 Å². The normalized spacial score (nSPS) is 22.0. The van der Waals surface area contributed by atoms with Crippen molar-refractivity contribution in [2.45, 2.75) is 18.1 Å². The molecule has 0 amide bonds. The fourth-order valence-corrected chi connectivity index (χ4v) is 3.38. The van der Waals surface area contributed by atoms with Gasteiger partial charge in [-0.3, -0.25) is 0 Å². The maximum absolute atomic E-state index is 10.6. The number of hydrogen-bond donors (Lipinski definition) is 1. The highest BCUT2D eigenvalue weighted by Gasteiger charge is 2.21. The molecule has 2 rings (SSSR count). The van der Waals surface area contributed by atoms with Gasteiger partial charge in [0, 0.05) is 10.6 Å². The number of carbonyl (C=O) groups is 1. The lowest BCUT2D eigenvalue weighted by atomic mass is 10.2. The zero-order chi connectivity index (χ0) is 9.26. The van der Waals surface area contributed by atoms with Crippen LogP contribution in [0, 0.1) is 0 Å². The van der Waals surface area contributed by atoms with Crippen LogP contribution in [0.4, 0.5) is 0 Å². The maximum Gasteiger partial charge on any atom is 0.365 e. The van der Waals surface area contributed by atoms with Crippen LogP contribution in [0.3, 0.4) is 0 Å². The molecule has 1 unspecified atom stereocenters. The van der Waals surface area contributed by atoms with Gasteiger partial charge in [-0.15, -0.1) is 11.3 Å². The second-order valence-electron chi connectivity index (χ2n) is 2.88. The molecule has 70 valence electrons. The SMILES string of the molecule is O=C(O)c1nc(C2CCCS2)cs1. The van der Waals surface area contributed by atoms with Crippen molar-refractivity contribution in [2.24, 2.45) is 0 Å². The first-order valence-corrected chi connectivity index (χ1v) is 6.00. The van der Waals surface area contributed by atoms with Crippen LogP contribution >= 0.6 is 23.1 Å². The van der Waals surface area contributed by atoms with E-state index in [0.717, 1.165) is 12.1 Å². The zero-order valence-electron chi connectivity index (χ0n) is 6.90. The number of rotatable bonds is 2. The Bertz CT molecular complexity index is 318. The van der Waals surface area contributed by atoms with E-state index in [1.165, 1.54) is 23.5 Å². The van der Waals surface area contributed by atoms with Crippen molar-refractivity contribution >= 4 is 29.1 Å². The zero-order valence-corrected chi connectivity index (χ0v) is 8.53. The summed E-state index contributed by atoms with van der Waals surface area (Å²) in [4.78, 5) is 14.7. The van der Waals surface area contributed by atoms with Crippen molar-refractivity contribution in [1.82, 2.24) is 4.98 Å². The number of aromatic carboxylic acids is 1. The third-order valence-corrected chi connectivity index (χ3v) is 4.22. The summed E-state index contributed by atoms with van der Waals surface area (Å²) >= 11 is 3.09. The highest BCUT2D eigenvalue weighted by Crippen LogP contribution is 2.39. The molecule has 1 aromatic heterocycles. The standard InChI is InChI=1S/C8H9NO2S2/c10-8(11)7-9-5(4-13-7)6-2-1-3-12-6/h4,6H,1-3H2,(H,10,11). The third-order valence-electron chi connectivity index (χ3n) is 1.96. The Labute approximate surface area is 84.2 Å². The molecule has 1 atom stereocenters. The van der Waals surface area contributed by atoms with E-state index in [4.69, 9.17) is 5.11 Å². The molecule has 3 nitrogen and oxygen atoms in total. The second kappa shape index (κ2) is 3.67. The van der Waals surface area contributed by atoms with Gasteiger partial charge in [0.2, 0.25) is 5.01 Å². The van der Waals surface area contributed by atoms with Gasteiger partial charge in [0.1, 0.15) is 0 Å². The molecule has 1 aliphatic rings. The molecule has 5 heteroatoms. The number of carboxylic acids is 1. The quantitative estimate of drug-likeness (QED) is 0.823. The minimum absolute atomic E-state index is 0.211. The van der Waals surface area contributed by atoms with Gasteiger partial charge < -0.3 is 5.11 Å². The summed E-state index contributed by atoms with van der Waals surface area (Å²) in [6.45, 7) is 0. The highest BCUT2D eigenvalue weighted by molar-refractivity contribution is 7.99. The van der Waals surface area contributed by atoms with E-state index in [2.05, 4.69) is 4.98 Å². The lowest BCUT2D eigenvalue weighted by Crippen LogP contribution is -1.96. The van der Waals surface area contributed by atoms with E-state index in [-0.39, 0.29) is 5.01 Å². The first-order chi connectivity index (χ1) is 6.27. The van der Waals surface area contributed by atoms with Crippen LogP contribution in [0.5, 0.6) is 0 Å². The molecular formula is C8H9NO2S2. The van der Waals surface area contributed by atoms with Crippen LogP contribution in [0.25, 0.3) is 0 Å². The molecule has 0 spiro atoms. The monoisotopic (exact) mass is 215 g/mol. The van der Waals surface area contributed by atoms with E-state index in [0.29, 0.717) is 5.25 Å². The van der Waals surface area contributed by atoms with Gasteiger partial charge in [-0.1, -0.05) is 0 Å². The summed E-state index contributed by atoms with van der Waals surface area (Å²) in [5.41, 5.74) is 0.949. The van der Waals surface area contributed by atoms with Crippen LogP contribution in [0.2, 0.25) is 0 Å². The van der Waals surface area contributed by atoms with E-state index in [1.807, 2.05) is 17.1 Å². The molecule has 0 radical (unpaired) electrons. The fraction of sp³-hybridized carbons (Fsp3) is 0.500. The summed E-state index contributed by atoms with van der Waals surface area (Å²) in [7, 11) is 0. The Kier molecular flexibility index (Phi) is 2.55. The number of thiazole rings is 1. The number of thioether (sulfide) groups is 1. The first kappa shape index (κ1) is 9.02. The average Bonchev–Trinajstić information content (AvgIpc) is 2.75. The van der Waals surface area contributed by atoms with Crippen molar-refractivity contribution in [2.75, 3.05) is 5.75 Å². The summed E-state index contributed by atoms with van der Waals surface area (Å²) in [6, 6.07) is 0. The smallest absolute Gasteiger partial charge is 0.365 e. The number of carboxylic acid groups (broad SMARTS) is 1. The molecule has 0 saturated carbocycles. The molecule has 1 aliphatic heterocycles. The van der Waals surface area contributed by atoms with Gasteiger partial charge in [0.15, 0.2) is 0 Å². The Balaban J connectivity index is 2.16. The Morgan fingerprint density at radius 2 is 2.54 bits per heavy atom. The van der Waals surface area contributed by atoms with E-state index in [9.17, 15) is 4.79 Å². The van der Waals surface area contributed by atoms with Gasteiger partial charge in [-0.25, -0.2) is 9.78 Å². The van der Waals surface area contributed by atoms with Gasteiger partial charge in [0.25, 0.3) is 0 Å². The van der Waals surface area contributed by atoms with E-state index >= 15 is 0 Å². The van der Waals surface area contributed by atoms with Crippen molar-refractivity contribution < 1.29 is 9.90 Å². The highest BCUT2D eigenvalue weighted by atomic mass is 32.2. The van der Waals surface area contributed by atoms with Crippen molar-refractivity contribution in [3.05, 3.63) is 16.1 Å². The van der Waals surface area contributed by atoms with Crippen LogP contribution < -0.4 is 0 Å². The summed E-state index contributed by atoms with van der Waals surface area (Å²) in [6.07, 6.45) is 2.35. The number of hydrogen-bond acceptors (Lipinski definition) is 4. The Hall–Kier alpha value is -0.550. The Morgan fingerprint density at radius 3 is 3.08 bits per heavy atom. The lowest BCUT2D eigenvalue weighted by Gasteiger charge is -2.01. The summed E-state index contributed by atoms with van der Waals surface area (Å²) in [5, 5.41) is 11.2. The molecule has 13 heavy (non-hydrogen) atoms. The molecule has 1 aromatic rings. The summed E-state index contributed by atoms with van der Waals surface area (Å²) in [5.74, 6) is 0.254. The molecule has 0 bridgehead atoms. The minimum Gasteiger partial charge on any atom is -0.476 e. The molecule has 1 saturated heterocycles. The number of aromatic nitrogens is 1. The molecular weight excluding hydrogens is 206 g/mol. The molecule has 1 N–H and O–H groups in total. The fourth-order valence-electron chi connectivity index (χ4n) is 1.34. The van der Waals surface area contributed by atoms with E-state index in [1.54, 1.807) is 0 Å². The van der Waals surface area contributed by atoms with Crippen molar-refractivity contribution in [1.29, 1.82) is 0 Å². The molecule has 0 aromatic carbocycles. The van der Waals surface area contributed by atoms with Gasteiger partial charge in [-0.05, 0) is 18.6 Å². The number of nitrogens with zero attached hydrogens (tertiary/aromatic N) is 1. The maximum atomic E-state index is 10.6. The minimum atomic E-state index is -0.917. The predicted molar refractivity (Wildman–Crippen MR) is 53.5 cm³/mol. The molecule has 1 fully saturated rings. The van der Waals surface area contributed by atoms with Crippen LogP contribution in [0.1, 0.15) is 33.6 Å². The predicted octanol–water partition coefficient (Wildman–Crippen LogP) is 2.41. The topological polar surface area (TPSA) is 50.2 Å². The molecule has 2 heterocycles. The Morgan fingerprint density at radius 1 is 1.69 bits per heavy atom. The second-order valence-corrected chi connectivity index (χ2v) is 5.05.